The molecule has 2 fully saturated rings. The molecule has 1 saturated carbocycles. The van der Waals surface area contributed by atoms with Crippen LogP contribution in [-0.4, -0.2) is 24.0 Å². The van der Waals surface area contributed by atoms with E-state index in [0.29, 0.717) is 0 Å². The van der Waals surface area contributed by atoms with Crippen LogP contribution in [0.5, 0.6) is 0 Å². The van der Waals surface area contributed by atoms with E-state index >= 15 is 0 Å². The molecule has 0 spiro atoms. The largest absolute Gasteiger partial charge is 0.357 e. The fourth-order valence-electron chi connectivity index (χ4n) is 1.95. The smallest absolute Gasteiger partial charge is 0.156 e. The standard InChI is InChI=1S/C8H15NOS/c1-10-8-9-6-4-2-3-5-7(6)11-8/h6-9H,2-5H2,1H3. The number of ether oxygens (including phenoxy) is 1. The Morgan fingerprint density at radius 1 is 1.36 bits per heavy atom. The van der Waals surface area contributed by atoms with Crippen molar-refractivity contribution in [2.45, 2.75) is 42.5 Å². The number of thioether (sulfide) groups is 1. The third-order valence-electron chi connectivity index (χ3n) is 2.57. The van der Waals surface area contributed by atoms with Crippen molar-refractivity contribution in [3.63, 3.8) is 0 Å². The van der Waals surface area contributed by atoms with Gasteiger partial charge in [-0.2, -0.15) is 0 Å². The van der Waals surface area contributed by atoms with E-state index in [1.54, 1.807) is 7.11 Å². The van der Waals surface area contributed by atoms with Gasteiger partial charge in [0.15, 0.2) is 5.56 Å². The fraction of sp³-hybridized carbons (Fsp3) is 1.00. The Bertz CT molecular complexity index is 128. The fourth-order valence-corrected chi connectivity index (χ4v) is 3.34. The van der Waals surface area contributed by atoms with Crippen LogP contribution in [-0.2, 0) is 4.74 Å². The van der Waals surface area contributed by atoms with Crippen molar-refractivity contribution >= 4 is 11.8 Å². The van der Waals surface area contributed by atoms with Gasteiger partial charge in [-0.15, -0.1) is 11.8 Å². The highest BCUT2D eigenvalue weighted by molar-refractivity contribution is 8.00. The number of fused-ring (bicyclic) bond motifs is 1. The molecule has 3 atom stereocenters. The molecule has 2 aliphatic rings. The van der Waals surface area contributed by atoms with Gasteiger partial charge in [-0.1, -0.05) is 12.8 Å². The Labute approximate surface area is 72.1 Å². The molecule has 2 nitrogen and oxygen atoms in total. The first kappa shape index (κ1) is 7.90. The quantitative estimate of drug-likeness (QED) is 0.650. The number of hydrogen-bond donors (Lipinski definition) is 1. The van der Waals surface area contributed by atoms with Crippen LogP contribution < -0.4 is 5.32 Å². The predicted octanol–water partition coefficient (Wildman–Crippen LogP) is 1.56. The van der Waals surface area contributed by atoms with Crippen molar-refractivity contribution in [2.24, 2.45) is 0 Å². The van der Waals surface area contributed by atoms with Gasteiger partial charge in [0.1, 0.15) is 0 Å². The van der Waals surface area contributed by atoms with Crippen molar-refractivity contribution in [3.8, 4) is 0 Å². The van der Waals surface area contributed by atoms with Gasteiger partial charge in [0, 0.05) is 18.4 Å². The summed E-state index contributed by atoms with van der Waals surface area (Å²) in [5, 5.41) is 4.31. The van der Waals surface area contributed by atoms with E-state index < -0.39 is 0 Å². The average molecular weight is 173 g/mol. The van der Waals surface area contributed by atoms with E-state index in [2.05, 4.69) is 5.32 Å². The molecule has 1 heterocycles. The van der Waals surface area contributed by atoms with Gasteiger partial charge >= 0.3 is 0 Å². The van der Waals surface area contributed by atoms with Crippen LogP contribution in [0.25, 0.3) is 0 Å². The zero-order valence-corrected chi connectivity index (χ0v) is 7.69. The molecule has 0 radical (unpaired) electrons. The average Bonchev–Trinajstić information content (AvgIpc) is 2.46. The minimum Gasteiger partial charge on any atom is -0.357 e. The summed E-state index contributed by atoms with van der Waals surface area (Å²) in [7, 11) is 1.78. The molecule has 11 heavy (non-hydrogen) atoms. The van der Waals surface area contributed by atoms with E-state index in [1.807, 2.05) is 11.8 Å². The number of methoxy groups -OCH3 is 1. The molecule has 0 aromatic carbocycles. The maximum atomic E-state index is 5.25. The molecule has 3 heteroatoms. The highest BCUT2D eigenvalue weighted by Crippen LogP contribution is 2.36. The maximum Gasteiger partial charge on any atom is 0.156 e. The molecule has 3 unspecified atom stereocenters. The maximum absolute atomic E-state index is 5.25. The molecule has 1 aliphatic carbocycles. The summed E-state index contributed by atoms with van der Waals surface area (Å²) in [6, 6.07) is 0.735. The highest BCUT2D eigenvalue weighted by atomic mass is 32.2. The van der Waals surface area contributed by atoms with Crippen LogP contribution in [0.4, 0.5) is 0 Å². The number of hydrogen-bond acceptors (Lipinski definition) is 3. The molecule has 64 valence electrons. The van der Waals surface area contributed by atoms with Gasteiger partial charge in [0.05, 0.1) is 0 Å². The molecule has 0 amide bonds. The highest BCUT2D eigenvalue weighted by Gasteiger charge is 2.35. The predicted molar refractivity (Wildman–Crippen MR) is 47.6 cm³/mol. The normalized spacial score (nSPS) is 43.9. The number of nitrogens with one attached hydrogen (secondary N) is 1. The van der Waals surface area contributed by atoms with Crippen molar-refractivity contribution in [2.75, 3.05) is 7.11 Å². The molecule has 1 saturated heterocycles. The minimum absolute atomic E-state index is 0.267. The van der Waals surface area contributed by atoms with Gasteiger partial charge in [0.25, 0.3) is 0 Å². The van der Waals surface area contributed by atoms with E-state index in [1.165, 1.54) is 25.7 Å². The Morgan fingerprint density at radius 2 is 2.18 bits per heavy atom. The zero-order chi connectivity index (χ0) is 7.68. The minimum atomic E-state index is 0.267. The van der Waals surface area contributed by atoms with E-state index in [0.717, 1.165) is 11.3 Å². The van der Waals surface area contributed by atoms with E-state index in [-0.39, 0.29) is 5.56 Å². The molecular weight excluding hydrogens is 158 g/mol. The Balaban J connectivity index is 1.92. The van der Waals surface area contributed by atoms with Gasteiger partial charge < -0.3 is 4.74 Å². The first-order chi connectivity index (χ1) is 5.40. The summed E-state index contributed by atoms with van der Waals surface area (Å²) < 4.78 is 5.25. The van der Waals surface area contributed by atoms with E-state index in [9.17, 15) is 0 Å². The lowest BCUT2D eigenvalue weighted by Crippen LogP contribution is -2.35. The van der Waals surface area contributed by atoms with E-state index in [4.69, 9.17) is 4.74 Å². The first-order valence-electron chi connectivity index (χ1n) is 4.34. The van der Waals surface area contributed by atoms with Crippen LogP contribution in [0, 0.1) is 0 Å². The Morgan fingerprint density at radius 3 is 2.91 bits per heavy atom. The molecule has 2 rings (SSSR count). The lowest BCUT2D eigenvalue weighted by molar-refractivity contribution is 0.140. The van der Waals surface area contributed by atoms with Crippen LogP contribution in [0.2, 0.25) is 0 Å². The topological polar surface area (TPSA) is 21.3 Å². The van der Waals surface area contributed by atoms with Crippen LogP contribution in [0.3, 0.4) is 0 Å². The van der Waals surface area contributed by atoms with Gasteiger partial charge in [-0.05, 0) is 12.8 Å². The molecule has 0 aromatic rings. The lowest BCUT2D eigenvalue weighted by Gasteiger charge is -2.22. The summed E-state index contributed by atoms with van der Waals surface area (Å²) >= 11 is 1.96. The zero-order valence-electron chi connectivity index (χ0n) is 6.88. The van der Waals surface area contributed by atoms with Crippen molar-refractivity contribution in [1.29, 1.82) is 0 Å². The van der Waals surface area contributed by atoms with Gasteiger partial charge in [-0.25, -0.2) is 0 Å². The van der Waals surface area contributed by atoms with Gasteiger partial charge in [-0.3, -0.25) is 5.32 Å². The monoisotopic (exact) mass is 173 g/mol. The van der Waals surface area contributed by atoms with Crippen molar-refractivity contribution in [1.82, 2.24) is 5.32 Å². The van der Waals surface area contributed by atoms with Crippen LogP contribution in [0.15, 0.2) is 0 Å². The summed E-state index contributed by atoms with van der Waals surface area (Å²) in [4.78, 5) is 0. The second kappa shape index (κ2) is 3.33. The summed E-state index contributed by atoms with van der Waals surface area (Å²) in [6.45, 7) is 0. The molecular formula is C8H15NOS. The summed E-state index contributed by atoms with van der Waals surface area (Å²) in [5.74, 6) is 0. The van der Waals surface area contributed by atoms with Crippen molar-refractivity contribution < 1.29 is 4.74 Å². The lowest BCUT2D eigenvalue weighted by atomic mass is 9.95. The van der Waals surface area contributed by atoms with Gasteiger partial charge in [0.2, 0.25) is 0 Å². The Hall–Kier alpha value is 0.270. The molecule has 1 N–H and O–H groups in total. The second-order valence-electron chi connectivity index (χ2n) is 3.30. The molecule has 0 aromatic heterocycles. The van der Waals surface area contributed by atoms with Crippen LogP contribution >= 0.6 is 11.8 Å². The first-order valence-corrected chi connectivity index (χ1v) is 5.29. The molecule has 1 aliphatic heterocycles. The summed E-state index contributed by atoms with van der Waals surface area (Å²) in [6.07, 6.45) is 5.52. The SMILES string of the molecule is COC1NC2CCCCC2S1. The summed E-state index contributed by atoms with van der Waals surface area (Å²) in [5.41, 5.74) is 0.267. The van der Waals surface area contributed by atoms with Crippen molar-refractivity contribution in [3.05, 3.63) is 0 Å². The second-order valence-corrected chi connectivity index (χ2v) is 4.61. The third-order valence-corrected chi connectivity index (χ3v) is 4.05. The number of rotatable bonds is 1. The Kier molecular flexibility index (Phi) is 2.39. The van der Waals surface area contributed by atoms with Crippen LogP contribution in [0.1, 0.15) is 25.7 Å². The molecule has 0 bridgehead atoms. The third kappa shape index (κ3) is 1.55.